The van der Waals surface area contributed by atoms with Gasteiger partial charge in [0.1, 0.15) is 5.82 Å². The molecule has 8 heteroatoms. The maximum absolute atomic E-state index is 13.3. The molecule has 1 saturated heterocycles. The Morgan fingerprint density at radius 2 is 1.71 bits per heavy atom. The standard InChI is InChI=1S/C20H21BrFN3O2S/c1-23-9-11-24(12-10-23)13-15-14-25(19-4-2-3-18(21)20(15)19)28(26,27)17-7-5-16(22)6-8-17/h2-8,14H,9-13H2,1H3. The van der Waals surface area contributed by atoms with E-state index in [1.807, 2.05) is 12.1 Å². The molecule has 5 nitrogen and oxygen atoms in total. The molecule has 0 atom stereocenters. The average Bonchev–Trinajstić information content (AvgIpc) is 3.04. The van der Waals surface area contributed by atoms with E-state index in [9.17, 15) is 12.8 Å². The molecule has 0 saturated carbocycles. The van der Waals surface area contributed by atoms with Crippen LogP contribution in [0.3, 0.4) is 0 Å². The predicted octanol–water partition coefficient (Wildman–Crippen LogP) is 3.53. The number of halogens is 2. The van der Waals surface area contributed by atoms with E-state index in [2.05, 4.69) is 32.8 Å². The van der Waals surface area contributed by atoms with Crippen LogP contribution in [0.1, 0.15) is 5.56 Å². The molecular formula is C20H21BrFN3O2S. The van der Waals surface area contributed by atoms with Gasteiger partial charge in [0.05, 0.1) is 10.4 Å². The van der Waals surface area contributed by atoms with Crippen molar-refractivity contribution in [2.24, 2.45) is 0 Å². The van der Waals surface area contributed by atoms with E-state index in [1.54, 1.807) is 12.3 Å². The number of piperazine rings is 1. The molecule has 1 fully saturated rings. The highest BCUT2D eigenvalue weighted by atomic mass is 79.9. The molecule has 1 aliphatic rings. The van der Waals surface area contributed by atoms with Gasteiger partial charge in [-0.15, -0.1) is 0 Å². The van der Waals surface area contributed by atoms with Crippen molar-refractivity contribution < 1.29 is 12.8 Å². The Balaban J connectivity index is 1.79. The molecule has 148 valence electrons. The summed E-state index contributed by atoms with van der Waals surface area (Å²) >= 11 is 3.58. The highest BCUT2D eigenvalue weighted by molar-refractivity contribution is 9.10. The third-order valence-corrected chi connectivity index (χ3v) is 7.53. The van der Waals surface area contributed by atoms with Crippen LogP contribution in [-0.2, 0) is 16.6 Å². The number of fused-ring (bicyclic) bond motifs is 1. The van der Waals surface area contributed by atoms with Crippen molar-refractivity contribution in [2.45, 2.75) is 11.4 Å². The molecule has 0 radical (unpaired) electrons. The summed E-state index contributed by atoms with van der Waals surface area (Å²) in [5.74, 6) is -0.463. The van der Waals surface area contributed by atoms with Crippen LogP contribution < -0.4 is 0 Å². The molecular weight excluding hydrogens is 445 g/mol. The summed E-state index contributed by atoms with van der Waals surface area (Å²) in [5.41, 5.74) is 1.57. The van der Waals surface area contributed by atoms with Crippen LogP contribution in [0.4, 0.5) is 4.39 Å². The smallest absolute Gasteiger partial charge is 0.268 e. The molecule has 1 aromatic heterocycles. The zero-order chi connectivity index (χ0) is 19.9. The number of rotatable bonds is 4. The zero-order valence-corrected chi connectivity index (χ0v) is 17.9. The Morgan fingerprint density at radius 3 is 2.39 bits per heavy atom. The first kappa shape index (κ1) is 19.6. The molecule has 1 aliphatic heterocycles. The molecule has 2 heterocycles. The van der Waals surface area contributed by atoms with Gasteiger partial charge < -0.3 is 4.90 Å². The lowest BCUT2D eigenvalue weighted by Crippen LogP contribution is -2.43. The summed E-state index contributed by atoms with van der Waals surface area (Å²) in [4.78, 5) is 4.69. The Bertz CT molecular complexity index is 1100. The van der Waals surface area contributed by atoms with Gasteiger partial charge in [0.25, 0.3) is 10.0 Å². The monoisotopic (exact) mass is 465 g/mol. The Labute approximate surface area is 172 Å². The third-order valence-electron chi connectivity index (χ3n) is 5.18. The van der Waals surface area contributed by atoms with E-state index in [-0.39, 0.29) is 4.90 Å². The lowest BCUT2D eigenvalue weighted by atomic mass is 10.1. The van der Waals surface area contributed by atoms with E-state index in [0.717, 1.165) is 41.6 Å². The first-order valence-electron chi connectivity index (χ1n) is 9.07. The number of benzene rings is 2. The number of aromatic nitrogens is 1. The second-order valence-corrected chi connectivity index (χ2v) is 9.79. The molecule has 0 spiro atoms. The molecule has 3 aromatic rings. The fraction of sp³-hybridized carbons (Fsp3) is 0.300. The van der Waals surface area contributed by atoms with E-state index in [1.165, 1.54) is 28.2 Å². The van der Waals surface area contributed by atoms with Crippen molar-refractivity contribution in [3.63, 3.8) is 0 Å². The molecule has 4 rings (SSSR count). The molecule has 0 unspecified atom stereocenters. The first-order chi connectivity index (χ1) is 13.4. The van der Waals surface area contributed by atoms with Gasteiger partial charge >= 0.3 is 0 Å². The average molecular weight is 466 g/mol. The normalized spacial score (nSPS) is 16.7. The van der Waals surface area contributed by atoms with Gasteiger partial charge in [0, 0.05) is 48.8 Å². The second kappa shape index (κ2) is 7.59. The third kappa shape index (κ3) is 3.61. The van der Waals surface area contributed by atoms with Gasteiger partial charge in [-0.05, 0) is 49.0 Å². The fourth-order valence-electron chi connectivity index (χ4n) is 3.58. The maximum atomic E-state index is 13.3. The maximum Gasteiger partial charge on any atom is 0.268 e. The van der Waals surface area contributed by atoms with Gasteiger partial charge in [-0.3, -0.25) is 4.90 Å². The summed E-state index contributed by atoms with van der Waals surface area (Å²) in [6.45, 7) is 4.55. The number of likely N-dealkylation sites (N-methyl/N-ethyl adjacent to an activating group) is 1. The van der Waals surface area contributed by atoms with E-state index in [4.69, 9.17) is 0 Å². The van der Waals surface area contributed by atoms with E-state index < -0.39 is 15.8 Å². The molecule has 2 aromatic carbocycles. The minimum atomic E-state index is -3.83. The van der Waals surface area contributed by atoms with Crippen LogP contribution in [0, 0.1) is 5.82 Å². The summed E-state index contributed by atoms with van der Waals surface area (Å²) in [5, 5.41) is 0.895. The summed E-state index contributed by atoms with van der Waals surface area (Å²) in [6.07, 6.45) is 1.70. The molecule has 0 bridgehead atoms. The highest BCUT2D eigenvalue weighted by Crippen LogP contribution is 2.32. The Kier molecular flexibility index (Phi) is 5.30. The van der Waals surface area contributed by atoms with Crippen molar-refractivity contribution >= 4 is 36.9 Å². The molecule has 0 N–H and O–H groups in total. The minimum absolute atomic E-state index is 0.0666. The van der Waals surface area contributed by atoms with Crippen molar-refractivity contribution in [1.82, 2.24) is 13.8 Å². The Hall–Kier alpha value is -1.74. The minimum Gasteiger partial charge on any atom is -0.304 e. The molecule has 0 amide bonds. The van der Waals surface area contributed by atoms with Gasteiger partial charge in [0.15, 0.2) is 0 Å². The van der Waals surface area contributed by atoms with Crippen LogP contribution in [0.25, 0.3) is 10.9 Å². The van der Waals surface area contributed by atoms with Gasteiger partial charge in [0.2, 0.25) is 0 Å². The first-order valence-corrected chi connectivity index (χ1v) is 11.3. The van der Waals surface area contributed by atoms with Crippen LogP contribution in [0.5, 0.6) is 0 Å². The number of nitrogens with zero attached hydrogens (tertiary/aromatic N) is 3. The quantitative estimate of drug-likeness (QED) is 0.591. The van der Waals surface area contributed by atoms with Crippen molar-refractivity contribution in [2.75, 3.05) is 33.2 Å². The molecule has 0 aliphatic carbocycles. The van der Waals surface area contributed by atoms with Gasteiger partial charge in [-0.1, -0.05) is 22.0 Å². The summed E-state index contributed by atoms with van der Waals surface area (Å²) < 4.78 is 41.9. The van der Waals surface area contributed by atoms with Crippen molar-refractivity contribution in [1.29, 1.82) is 0 Å². The predicted molar refractivity (Wildman–Crippen MR) is 111 cm³/mol. The lowest BCUT2D eigenvalue weighted by Gasteiger charge is -2.32. The van der Waals surface area contributed by atoms with Gasteiger partial charge in [-0.25, -0.2) is 16.8 Å². The summed E-state index contributed by atoms with van der Waals surface area (Å²) in [7, 11) is -1.72. The second-order valence-electron chi connectivity index (χ2n) is 7.12. The number of hydrogen-bond donors (Lipinski definition) is 0. The van der Waals surface area contributed by atoms with Crippen LogP contribution in [0.15, 0.2) is 58.0 Å². The van der Waals surface area contributed by atoms with Crippen molar-refractivity contribution in [3.05, 3.63) is 64.5 Å². The largest absolute Gasteiger partial charge is 0.304 e. The SMILES string of the molecule is CN1CCN(Cc2cn(S(=O)(=O)c3ccc(F)cc3)c3cccc(Br)c23)CC1. The lowest BCUT2D eigenvalue weighted by molar-refractivity contribution is 0.148. The topological polar surface area (TPSA) is 45.5 Å². The zero-order valence-electron chi connectivity index (χ0n) is 15.5. The van der Waals surface area contributed by atoms with Crippen LogP contribution >= 0.6 is 15.9 Å². The highest BCUT2D eigenvalue weighted by Gasteiger charge is 2.24. The van der Waals surface area contributed by atoms with E-state index >= 15 is 0 Å². The van der Waals surface area contributed by atoms with Crippen LogP contribution in [-0.4, -0.2) is 55.4 Å². The van der Waals surface area contributed by atoms with Crippen LogP contribution in [0.2, 0.25) is 0 Å². The fourth-order valence-corrected chi connectivity index (χ4v) is 5.57. The van der Waals surface area contributed by atoms with Gasteiger partial charge in [-0.2, -0.15) is 0 Å². The van der Waals surface area contributed by atoms with Crippen molar-refractivity contribution in [3.8, 4) is 0 Å². The summed E-state index contributed by atoms with van der Waals surface area (Å²) in [6, 6.07) is 10.5. The molecule has 28 heavy (non-hydrogen) atoms. The Morgan fingerprint density at radius 1 is 1.04 bits per heavy atom. The van der Waals surface area contributed by atoms with E-state index in [0.29, 0.717) is 12.1 Å². The number of hydrogen-bond acceptors (Lipinski definition) is 4.